The molecule has 5 heteroatoms. The van der Waals surface area contributed by atoms with Gasteiger partial charge in [-0.15, -0.1) is 0 Å². The molecule has 1 saturated carbocycles. The number of imide groups is 1. The monoisotopic (exact) mass is 301 g/mol. The van der Waals surface area contributed by atoms with Crippen LogP contribution in [-0.4, -0.2) is 22.9 Å². The van der Waals surface area contributed by atoms with Crippen molar-refractivity contribution in [2.45, 2.75) is 33.6 Å². The van der Waals surface area contributed by atoms with E-state index in [1.165, 1.54) is 17.0 Å². The number of rotatable bonds is 2. The fourth-order valence-corrected chi connectivity index (χ4v) is 3.84. The Morgan fingerprint density at radius 3 is 2.59 bits per heavy atom. The van der Waals surface area contributed by atoms with Crippen molar-refractivity contribution in [3.8, 4) is 0 Å². The lowest BCUT2D eigenvalue weighted by Gasteiger charge is -2.47. The number of carboxylic acid groups (broad SMARTS) is 1. The van der Waals surface area contributed by atoms with Gasteiger partial charge in [0.1, 0.15) is 0 Å². The summed E-state index contributed by atoms with van der Waals surface area (Å²) in [6.45, 7) is 5.87. The fraction of sp³-hybridized carbons (Fsp3) is 0.471. The van der Waals surface area contributed by atoms with Gasteiger partial charge in [-0.1, -0.05) is 26.8 Å². The first kappa shape index (κ1) is 14.8. The van der Waals surface area contributed by atoms with E-state index in [1.54, 1.807) is 12.1 Å². The van der Waals surface area contributed by atoms with Crippen LogP contribution in [0.5, 0.6) is 0 Å². The molecule has 0 unspecified atom stereocenters. The van der Waals surface area contributed by atoms with Gasteiger partial charge in [-0.3, -0.25) is 9.59 Å². The molecule has 0 radical (unpaired) electrons. The van der Waals surface area contributed by atoms with Crippen LogP contribution in [0.25, 0.3) is 0 Å². The highest BCUT2D eigenvalue weighted by molar-refractivity contribution is 6.20. The third-order valence-corrected chi connectivity index (χ3v) is 5.77. The van der Waals surface area contributed by atoms with Gasteiger partial charge in [-0.05, 0) is 36.5 Å². The van der Waals surface area contributed by atoms with Crippen molar-refractivity contribution >= 4 is 23.5 Å². The van der Waals surface area contributed by atoms with E-state index in [-0.39, 0.29) is 28.7 Å². The van der Waals surface area contributed by atoms with Gasteiger partial charge in [0.25, 0.3) is 0 Å². The third-order valence-electron chi connectivity index (χ3n) is 5.77. The van der Waals surface area contributed by atoms with E-state index in [1.807, 2.05) is 20.8 Å². The van der Waals surface area contributed by atoms with Crippen LogP contribution >= 0.6 is 0 Å². The molecule has 0 spiro atoms. The normalized spacial score (nSPS) is 29.8. The van der Waals surface area contributed by atoms with Gasteiger partial charge in [-0.25, -0.2) is 9.69 Å². The summed E-state index contributed by atoms with van der Waals surface area (Å²) >= 11 is 0. The molecule has 1 N–H and O–H groups in total. The number of carboxylic acids is 1. The molecule has 2 amide bonds. The lowest BCUT2D eigenvalue weighted by atomic mass is 9.62. The Hall–Kier alpha value is -2.17. The van der Waals surface area contributed by atoms with Crippen molar-refractivity contribution in [2.75, 3.05) is 4.90 Å². The number of nitrogens with zero attached hydrogens (tertiary/aromatic N) is 1. The van der Waals surface area contributed by atoms with Gasteiger partial charge in [0.2, 0.25) is 11.8 Å². The molecule has 0 aromatic heterocycles. The molecule has 2 aliphatic rings. The Morgan fingerprint density at radius 1 is 1.27 bits per heavy atom. The van der Waals surface area contributed by atoms with Gasteiger partial charge in [-0.2, -0.15) is 0 Å². The molecule has 1 aromatic rings. The number of piperidine rings is 1. The summed E-state index contributed by atoms with van der Waals surface area (Å²) in [5.74, 6) is -1.72. The maximum Gasteiger partial charge on any atom is 0.335 e. The third kappa shape index (κ3) is 1.68. The number of benzene rings is 1. The summed E-state index contributed by atoms with van der Waals surface area (Å²) < 4.78 is 0. The fourth-order valence-electron chi connectivity index (χ4n) is 3.84. The summed E-state index contributed by atoms with van der Waals surface area (Å²) in [5, 5.41) is 9.10. The summed E-state index contributed by atoms with van der Waals surface area (Å²) in [7, 11) is 0. The number of anilines is 1. The zero-order valence-electron chi connectivity index (χ0n) is 12.9. The SMILES string of the molecule is CC1(C)[C@H]2CC[C@@]1(C)C(=O)N(c1cccc(C(=O)O)c1)C2=O. The molecule has 1 aromatic carbocycles. The summed E-state index contributed by atoms with van der Waals surface area (Å²) in [5.41, 5.74) is -0.545. The predicted molar refractivity (Wildman–Crippen MR) is 80.5 cm³/mol. The van der Waals surface area contributed by atoms with Gasteiger partial charge in [0.15, 0.2) is 0 Å². The highest BCUT2D eigenvalue weighted by atomic mass is 16.4. The van der Waals surface area contributed by atoms with Gasteiger partial charge in [0, 0.05) is 5.92 Å². The summed E-state index contributed by atoms with van der Waals surface area (Å²) in [6.07, 6.45) is 1.38. The zero-order valence-corrected chi connectivity index (χ0v) is 12.9. The molecule has 1 heterocycles. The van der Waals surface area contributed by atoms with Gasteiger partial charge >= 0.3 is 5.97 Å². The van der Waals surface area contributed by atoms with E-state index in [0.717, 1.165) is 0 Å². The lowest BCUT2D eigenvalue weighted by molar-refractivity contribution is -0.146. The topological polar surface area (TPSA) is 74.7 Å². The maximum absolute atomic E-state index is 13.0. The van der Waals surface area contributed by atoms with Crippen LogP contribution in [0.2, 0.25) is 0 Å². The van der Waals surface area contributed by atoms with Gasteiger partial charge < -0.3 is 5.11 Å². The van der Waals surface area contributed by atoms with Crippen LogP contribution in [-0.2, 0) is 9.59 Å². The summed E-state index contributed by atoms with van der Waals surface area (Å²) in [6, 6.07) is 6.01. The van der Waals surface area contributed by atoms with Crippen LogP contribution in [0.4, 0.5) is 5.69 Å². The molecular formula is C17H19NO4. The first-order chi connectivity index (χ1) is 10.2. The van der Waals surface area contributed by atoms with Crippen molar-refractivity contribution in [3.63, 3.8) is 0 Å². The van der Waals surface area contributed by atoms with E-state index < -0.39 is 11.4 Å². The Balaban J connectivity index is 2.10. The Labute approximate surface area is 128 Å². The van der Waals surface area contributed by atoms with Crippen LogP contribution in [0.3, 0.4) is 0 Å². The quantitative estimate of drug-likeness (QED) is 0.852. The van der Waals surface area contributed by atoms with Crippen LogP contribution in [0, 0.1) is 16.7 Å². The van der Waals surface area contributed by atoms with E-state index in [0.29, 0.717) is 18.5 Å². The second-order valence-electron chi connectivity index (χ2n) is 6.98. The first-order valence-electron chi connectivity index (χ1n) is 7.42. The number of hydrogen-bond acceptors (Lipinski definition) is 3. The number of hydrogen-bond donors (Lipinski definition) is 1. The highest BCUT2D eigenvalue weighted by Gasteiger charge is 2.64. The molecule has 2 bridgehead atoms. The van der Waals surface area contributed by atoms with E-state index in [4.69, 9.17) is 5.11 Å². The number of aromatic carboxylic acids is 1. The van der Waals surface area contributed by atoms with Crippen molar-refractivity contribution in [1.82, 2.24) is 0 Å². The molecule has 2 atom stereocenters. The van der Waals surface area contributed by atoms with E-state index in [9.17, 15) is 14.4 Å². The van der Waals surface area contributed by atoms with E-state index in [2.05, 4.69) is 0 Å². The van der Waals surface area contributed by atoms with Crippen LogP contribution < -0.4 is 4.90 Å². The van der Waals surface area contributed by atoms with E-state index >= 15 is 0 Å². The van der Waals surface area contributed by atoms with Crippen LogP contribution in [0.1, 0.15) is 44.0 Å². The average Bonchev–Trinajstić information content (AvgIpc) is 2.63. The second kappa shape index (κ2) is 4.41. The van der Waals surface area contributed by atoms with Gasteiger partial charge in [0.05, 0.1) is 16.7 Å². The molecule has 22 heavy (non-hydrogen) atoms. The van der Waals surface area contributed by atoms with Crippen molar-refractivity contribution in [1.29, 1.82) is 0 Å². The molecular weight excluding hydrogens is 282 g/mol. The molecule has 116 valence electrons. The first-order valence-corrected chi connectivity index (χ1v) is 7.42. The standard InChI is InChI=1S/C17H19NO4/c1-16(2)12-7-8-17(16,3)15(22)18(13(12)19)11-6-4-5-10(9-11)14(20)21/h4-6,9,12H,7-8H2,1-3H3,(H,20,21)/t12-,17-/m0/s1. The molecule has 2 fully saturated rings. The minimum atomic E-state index is -1.08. The number of amides is 2. The largest absolute Gasteiger partial charge is 0.478 e. The highest BCUT2D eigenvalue weighted by Crippen LogP contribution is 2.60. The molecule has 3 rings (SSSR count). The van der Waals surface area contributed by atoms with Crippen molar-refractivity contribution < 1.29 is 19.5 Å². The molecule has 5 nitrogen and oxygen atoms in total. The Kier molecular flexibility index (Phi) is 2.96. The van der Waals surface area contributed by atoms with Crippen molar-refractivity contribution in [2.24, 2.45) is 16.7 Å². The Bertz CT molecular complexity index is 694. The minimum absolute atomic E-state index is 0.0698. The van der Waals surface area contributed by atoms with Crippen molar-refractivity contribution in [3.05, 3.63) is 29.8 Å². The minimum Gasteiger partial charge on any atom is -0.478 e. The number of fused-ring (bicyclic) bond motifs is 2. The zero-order chi connectivity index (χ0) is 16.3. The predicted octanol–water partition coefficient (Wildman–Crippen LogP) is 2.70. The Morgan fingerprint density at radius 2 is 1.95 bits per heavy atom. The molecule has 1 aliphatic heterocycles. The molecule has 1 aliphatic carbocycles. The number of carbonyl (C=O) groups excluding carboxylic acids is 2. The van der Waals surface area contributed by atoms with Crippen LogP contribution in [0.15, 0.2) is 24.3 Å². The summed E-state index contributed by atoms with van der Waals surface area (Å²) in [4.78, 5) is 38.1. The maximum atomic E-state index is 13.0. The second-order valence-corrected chi connectivity index (χ2v) is 6.98. The molecule has 1 saturated heterocycles. The number of carbonyl (C=O) groups is 3. The lowest BCUT2D eigenvalue weighted by Crippen LogP contribution is -2.59. The smallest absolute Gasteiger partial charge is 0.335 e. The average molecular weight is 301 g/mol.